The largest absolute Gasteiger partial charge is 0.487 e. The van der Waals surface area contributed by atoms with Gasteiger partial charge in [0.2, 0.25) is 0 Å². The number of ether oxygens (including phenoxy) is 2. The molecule has 0 aromatic carbocycles. The predicted octanol–water partition coefficient (Wildman–Crippen LogP) is 2.92. The van der Waals surface area contributed by atoms with Crippen LogP contribution >= 0.6 is 11.6 Å². The van der Waals surface area contributed by atoms with Gasteiger partial charge in [0, 0.05) is 19.9 Å². The molecule has 0 bridgehead atoms. The van der Waals surface area contributed by atoms with E-state index in [9.17, 15) is 0 Å². The predicted molar refractivity (Wildman–Crippen MR) is 74.6 cm³/mol. The van der Waals surface area contributed by atoms with Crippen LogP contribution in [0.25, 0.3) is 0 Å². The lowest BCUT2D eigenvalue weighted by Gasteiger charge is -2.15. The molecule has 1 aromatic heterocycles. The Bertz CT molecular complexity index is 348. The van der Waals surface area contributed by atoms with Gasteiger partial charge in [-0.2, -0.15) is 0 Å². The minimum atomic E-state index is 0.0145. The molecule has 0 radical (unpaired) electrons. The Labute approximate surface area is 114 Å². The number of pyridine rings is 1. The van der Waals surface area contributed by atoms with Crippen molar-refractivity contribution >= 4 is 17.4 Å². The van der Waals surface area contributed by atoms with Crippen LogP contribution in [-0.4, -0.2) is 36.7 Å². The highest BCUT2D eigenvalue weighted by atomic mass is 35.5. The van der Waals surface area contributed by atoms with Crippen LogP contribution in [0.4, 0.5) is 5.82 Å². The van der Waals surface area contributed by atoms with Gasteiger partial charge in [0.15, 0.2) is 11.6 Å². The van der Waals surface area contributed by atoms with Crippen molar-refractivity contribution < 1.29 is 9.47 Å². The van der Waals surface area contributed by atoms with Crippen molar-refractivity contribution in [3.63, 3.8) is 0 Å². The Kier molecular flexibility index (Phi) is 6.83. The molecule has 0 saturated carbocycles. The monoisotopic (exact) mass is 272 g/mol. The highest BCUT2D eigenvalue weighted by Crippen LogP contribution is 2.22. The summed E-state index contributed by atoms with van der Waals surface area (Å²) >= 11 is 6.05. The van der Waals surface area contributed by atoms with E-state index in [1.54, 1.807) is 13.3 Å². The second-order valence-electron chi connectivity index (χ2n) is 4.28. The number of halogens is 1. The minimum absolute atomic E-state index is 0.0145. The van der Waals surface area contributed by atoms with Crippen molar-refractivity contribution in [2.24, 2.45) is 0 Å². The molecule has 5 heteroatoms. The van der Waals surface area contributed by atoms with Crippen LogP contribution in [-0.2, 0) is 4.74 Å². The maximum Gasteiger partial charge on any atom is 0.168 e. The second kappa shape index (κ2) is 8.16. The molecular formula is C13H21ClN2O2. The van der Waals surface area contributed by atoms with Crippen LogP contribution in [0.1, 0.15) is 20.3 Å². The number of aromatic nitrogens is 1. The van der Waals surface area contributed by atoms with E-state index in [2.05, 4.69) is 10.3 Å². The van der Waals surface area contributed by atoms with Crippen LogP contribution in [0.15, 0.2) is 18.3 Å². The molecule has 0 aliphatic heterocycles. The van der Waals surface area contributed by atoms with Gasteiger partial charge >= 0.3 is 0 Å². The first-order valence-electron chi connectivity index (χ1n) is 6.12. The maximum atomic E-state index is 6.05. The lowest BCUT2D eigenvalue weighted by Crippen LogP contribution is -2.15. The third-order valence-electron chi connectivity index (χ3n) is 2.23. The van der Waals surface area contributed by atoms with Crippen LogP contribution in [0.3, 0.4) is 0 Å². The van der Waals surface area contributed by atoms with E-state index >= 15 is 0 Å². The smallest absolute Gasteiger partial charge is 0.168 e. The van der Waals surface area contributed by atoms with E-state index in [-0.39, 0.29) is 11.5 Å². The summed E-state index contributed by atoms with van der Waals surface area (Å²) in [5.74, 6) is 1.53. The minimum Gasteiger partial charge on any atom is -0.487 e. The summed E-state index contributed by atoms with van der Waals surface area (Å²) in [6, 6.07) is 3.76. The summed E-state index contributed by atoms with van der Waals surface area (Å²) in [6.07, 6.45) is 2.68. The van der Waals surface area contributed by atoms with Gasteiger partial charge in [0.25, 0.3) is 0 Å². The van der Waals surface area contributed by atoms with Gasteiger partial charge in [0.1, 0.15) is 0 Å². The van der Waals surface area contributed by atoms with Crippen molar-refractivity contribution in [1.82, 2.24) is 4.98 Å². The van der Waals surface area contributed by atoms with Crippen molar-refractivity contribution in [2.75, 3.05) is 25.6 Å². The number of rotatable bonds is 8. The molecule has 1 rings (SSSR count). The third-order valence-corrected chi connectivity index (χ3v) is 2.58. The number of hydrogen-bond acceptors (Lipinski definition) is 4. The first kappa shape index (κ1) is 15.1. The molecule has 0 aliphatic carbocycles. The van der Waals surface area contributed by atoms with E-state index in [1.807, 2.05) is 26.0 Å². The molecule has 1 unspecified atom stereocenters. The zero-order valence-electron chi connectivity index (χ0n) is 11.1. The molecule has 1 N–H and O–H groups in total. The fourth-order valence-corrected chi connectivity index (χ4v) is 1.72. The van der Waals surface area contributed by atoms with Gasteiger partial charge in [-0.05, 0) is 32.4 Å². The molecule has 0 fully saturated rings. The van der Waals surface area contributed by atoms with Crippen LogP contribution in [0.2, 0.25) is 0 Å². The summed E-state index contributed by atoms with van der Waals surface area (Å²) < 4.78 is 10.7. The summed E-state index contributed by atoms with van der Waals surface area (Å²) in [7, 11) is 1.65. The van der Waals surface area contributed by atoms with Crippen molar-refractivity contribution in [3.8, 4) is 5.75 Å². The molecule has 0 aliphatic rings. The zero-order valence-corrected chi connectivity index (χ0v) is 11.9. The fraction of sp³-hybridized carbons (Fsp3) is 0.615. The van der Waals surface area contributed by atoms with Gasteiger partial charge in [0.05, 0.1) is 18.1 Å². The summed E-state index contributed by atoms with van der Waals surface area (Å²) in [6.45, 7) is 5.28. The number of nitrogens with one attached hydrogen (secondary N) is 1. The van der Waals surface area contributed by atoms with Gasteiger partial charge < -0.3 is 14.8 Å². The van der Waals surface area contributed by atoms with Crippen molar-refractivity contribution in [2.45, 2.75) is 31.7 Å². The topological polar surface area (TPSA) is 43.4 Å². The third kappa shape index (κ3) is 5.56. The molecule has 0 saturated heterocycles. The SMILES string of the molecule is COCC(Cl)CCNc1ncccc1OC(C)C. The number of methoxy groups -OCH3 is 1. The van der Waals surface area contributed by atoms with Gasteiger partial charge in [-0.25, -0.2) is 4.98 Å². The van der Waals surface area contributed by atoms with Crippen LogP contribution in [0.5, 0.6) is 5.75 Å². The number of alkyl halides is 1. The maximum absolute atomic E-state index is 6.05. The summed E-state index contributed by atoms with van der Waals surface area (Å²) in [5.41, 5.74) is 0. The average molecular weight is 273 g/mol. The first-order chi connectivity index (χ1) is 8.63. The van der Waals surface area contributed by atoms with Crippen LogP contribution < -0.4 is 10.1 Å². The quantitative estimate of drug-likeness (QED) is 0.739. The van der Waals surface area contributed by atoms with E-state index in [4.69, 9.17) is 21.1 Å². The average Bonchev–Trinajstić information content (AvgIpc) is 2.31. The lowest BCUT2D eigenvalue weighted by atomic mass is 10.3. The van der Waals surface area contributed by atoms with Gasteiger partial charge in [-0.1, -0.05) is 0 Å². The molecule has 18 heavy (non-hydrogen) atoms. The Morgan fingerprint density at radius 3 is 2.89 bits per heavy atom. The Morgan fingerprint density at radius 2 is 2.22 bits per heavy atom. The number of nitrogens with zero attached hydrogens (tertiary/aromatic N) is 1. The van der Waals surface area contributed by atoms with E-state index in [0.29, 0.717) is 6.61 Å². The molecule has 0 spiro atoms. The molecule has 102 valence electrons. The van der Waals surface area contributed by atoms with Crippen LogP contribution in [0, 0.1) is 0 Å². The standard InChI is InChI=1S/C13H21ClN2O2/c1-10(2)18-12-5-4-7-15-13(12)16-8-6-11(14)9-17-3/h4-5,7,10-11H,6,8-9H2,1-3H3,(H,15,16). The second-order valence-corrected chi connectivity index (χ2v) is 4.90. The Balaban J connectivity index is 2.46. The lowest BCUT2D eigenvalue weighted by molar-refractivity contribution is 0.196. The van der Waals surface area contributed by atoms with Crippen molar-refractivity contribution in [1.29, 1.82) is 0 Å². The number of hydrogen-bond donors (Lipinski definition) is 1. The first-order valence-corrected chi connectivity index (χ1v) is 6.55. The normalized spacial score (nSPS) is 12.5. The zero-order chi connectivity index (χ0) is 13.4. The fourth-order valence-electron chi connectivity index (χ4n) is 1.48. The summed E-state index contributed by atoms with van der Waals surface area (Å²) in [5, 5.41) is 3.25. The molecule has 1 aromatic rings. The number of anilines is 1. The van der Waals surface area contributed by atoms with E-state index in [0.717, 1.165) is 24.5 Å². The van der Waals surface area contributed by atoms with E-state index < -0.39 is 0 Å². The van der Waals surface area contributed by atoms with Crippen molar-refractivity contribution in [3.05, 3.63) is 18.3 Å². The Morgan fingerprint density at radius 1 is 1.44 bits per heavy atom. The van der Waals surface area contributed by atoms with E-state index in [1.165, 1.54) is 0 Å². The molecule has 0 amide bonds. The molecule has 4 nitrogen and oxygen atoms in total. The highest BCUT2D eigenvalue weighted by Gasteiger charge is 2.07. The highest BCUT2D eigenvalue weighted by molar-refractivity contribution is 6.20. The Hall–Kier alpha value is -1.00. The molecular weight excluding hydrogens is 252 g/mol. The molecule has 1 heterocycles. The molecule has 1 atom stereocenters. The van der Waals surface area contributed by atoms with Gasteiger partial charge in [-0.15, -0.1) is 11.6 Å². The van der Waals surface area contributed by atoms with Gasteiger partial charge in [-0.3, -0.25) is 0 Å². The summed E-state index contributed by atoms with van der Waals surface area (Å²) in [4.78, 5) is 4.26.